The molecule has 1 atom stereocenters. The van der Waals surface area contributed by atoms with Crippen LogP contribution in [-0.2, 0) is 11.2 Å². The molecule has 0 bridgehead atoms. The van der Waals surface area contributed by atoms with Gasteiger partial charge in [-0.25, -0.2) is 0 Å². The molecule has 2 heterocycles. The van der Waals surface area contributed by atoms with Gasteiger partial charge in [0.05, 0.1) is 11.4 Å². The SMILES string of the molecule is Nc1cc2c3c(c1)C(c1ccccc1)=NC(N)C(=O)N3CC2. The van der Waals surface area contributed by atoms with Gasteiger partial charge in [-0.3, -0.25) is 9.79 Å². The lowest BCUT2D eigenvalue weighted by Gasteiger charge is -2.19. The Morgan fingerprint density at radius 1 is 1.18 bits per heavy atom. The Bertz CT molecular complexity index is 798. The van der Waals surface area contributed by atoms with Gasteiger partial charge in [-0.05, 0) is 24.1 Å². The summed E-state index contributed by atoms with van der Waals surface area (Å²) in [5.41, 5.74) is 17.3. The van der Waals surface area contributed by atoms with Gasteiger partial charge in [0, 0.05) is 23.4 Å². The molecular formula is C17H16N4O. The highest BCUT2D eigenvalue weighted by molar-refractivity contribution is 6.21. The fourth-order valence-corrected chi connectivity index (χ4v) is 3.22. The zero-order valence-electron chi connectivity index (χ0n) is 12.0. The van der Waals surface area contributed by atoms with Crippen LogP contribution in [0, 0.1) is 0 Å². The fourth-order valence-electron chi connectivity index (χ4n) is 3.22. The highest BCUT2D eigenvalue weighted by atomic mass is 16.2. The lowest BCUT2D eigenvalue weighted by Crippen LogP contribution is -2.41. The number of amides is 1. The molecule has 0 aromatic heterocycles. The largest absolute Gasteiger partial charge is 0.399 e. The van der Waals surface area contributed by atoms with Gasteiger partial charge >= 0.3 is 0 Å². The number of nitrogens with two attached hydrogens (primary N) is 2. The van der Waals surface area contributed by atoms with E-state index in [-0.39, 0.29) is 5.91 Å². The number of hydrogen-bond acceptors (Lipinski definition) is 4. The summed E-state index contributed by atoms with van der Waals surface area (Å²) in [5.74, 6) is -0.157. The van der Waals surface area contributed by atoms with Gasteiger partial charge in [0.25, 0.3) is 5.91 Å². The Morgan fingerprint density at radius 3 is 2.73 bits per heavy atom. The van der Waals surface area contributed by atoms with Gasteiger partial charge in [0.15, 0.2) is 6.17 Å². The Morgan fingerprint density at radius 2 is 1.95 bits per heavy atom. The minimum Gasteiger partial charge on any atom is -0.399 e. The van der Waals surface area contributed by atoms with E-state index in [1.807, 2.05) is 42.5 Å². The summed E-state index contributed by atoms with van der Waals surface area (Å²) < 4.78 is 0. The molecule has 22 heavy (non-hydrogen) atoms. The lowest BCUT2D eigenvalue weighted by atomic mass is 9.97. The second-order valence-corrected chi connectivity index (χ2v) is 5.60. The summed E-state index contributed by atoms with van der Waals surface area (Å²) in [4.78, 5) is 18.7. The number of carbonyl (C=O) groups is 1. The summed E-state index contributed by atoms with van der Waals surface area (Å²) in [6, 6.07) is 13.6. The summed E-state index contributed by atoms with van der Waals surface area (Å²) in [6.07, 6.45) is -0.0803. The van der Waals surface area contributed by atoms with E-state index in [0.717, 1.165) is 34.5 Å². The quantitative estimate of drug-likeness (QED) is 0.777. The van der Waals surface area contributed by atoms with Crippen molar-refractivity contribution in [1.82, 2.24) is 0 Å². The van der Waals surface area contributed by atoms with Crippen LogP contribution in [0.1, 0.15) is 16.7 Å². The van der Waals surface area contributed by atoms with Crippen molar-refractivity contribution < 1.29 is 4.79 Å². The van der Waals surface area contributed by atoms with Crippen molar-refractivity contribution in [2.45, 2.75) is 12.6 Å². The maximum absolute atomic E-state index is 12.5. The molecule has 4 N–H and O–H groups in total. The molecule has 4 rings (SSSR count). The average molecular weight is 292 g/mol. The molecule has 5 nitrogen and oxygen atoms in total. The Labute approximate surface area is 128 Å². The van der Waals surface area contributed by atoms with E-state index in [1.165, 1.54) is 0 Å². The van der Waals surface area contributed by atoms with Crippen molar-refractivity contribution in [3.63, 3.8) is 0 Å². The Hall–Kier alpha value is -2.66. The van der Waals surface area contributed by atoms with E-state index < -0.39 is 6.17 Å². The van der Waals surface area contributed by atoms with Crippen molar-refractivity contribution in [2.24, 2.45) is 10.7 Å². The first-order valence-electron chi connectivity index (χ1n) is 7.28. The van der Waals surface area contributed by atoms with E-state index in [0.29, 0.717) is 12.2 Å². The highest BCUT2D eigenvalue weighted by Crippen LogP contribution is 2.37. The minimum atomic E-state index is -0.880. The zero-order valence-corrected chi connectivity index (χ0v) is 12.0. The monoisotopic (exact) mass is 292 g/mol. The molecule has 0 aliphatic carbocycles. The summed E-state index contributed by atoms with van der Waals surface area (Å²) in [5, 5.41) is 0. The van der Waals surface area contributed by atoms with Gasteiger partial charge in [0.1, 0.15) is 0 Å². The first-order valence-corrected chi connectivity index (χ1v) is 7.28. The summed E-state index contributed by atoms with van der Waals surface area (Å²) in [6.45, 7) is 0.635. The summed E-state index contributed by atoms with van der Waals surface area (Å²) >= 11 is 0. The Kier molecular flexibility index (Phi) is 2.77. The van der Waals surface area contributed by atoms with E-state index in [4.69, 9.17) is 11.5 Å². The molecule has 2 aromatic rings. The number of benzene rings is 2. The molecule has 0 spiro atoms. The number of anilines is 2. The molecule has 0 saturated heterocycles. The maximum atomic E-state index is 12.5. The third-order valence-electron chi connectivity index (χ3n) is 4.18. The van der Waals surface area contributed by atoms with Crippen molar-refractivity contribution >= 4 is 23.0 Å². The topological polar surface area (TPSA) is 84.7 Å². The number of nitrogens with zero attached hydrogens (tertiary/aromatic N) is 2. The van der Waals surface area contributed by atoms with Crippen molar-refractivity contribution in [3.8, 4) is 0 Å². The first-order chi connectivity index (χ1) is 10.6. The normalized spacial score (nSPS) is 19.7. The van der Waals surface area contributed by atoms with Gasteiger partial charge in [-0.15, -0.1) is 0 Å². The predicted molar refractivity (Wildman–Crippen MR) is 87.0 cm³/mol. The maximum Gasteiger partial charge on any atom is 0.266 e. The van der Waals surface area contributed by atoms with Crippen LogP contribution in [0.3, 0.4) is 0 Å². The smallest absolute Gasteiger partial charge is 0.266 e. The average Bonchev–Trinajstić information content (AvgIpc) is 2.91. The number of rotatable bonds is 1. The molecule has 0 fully saturated rings. The molecule has 1 amide bonds. The zero-order chi connectivity index (χ0) is 15.3. The van der Waals surface area contributed by atoms with Gasteiger partial charge in [-0.2, -0.15) is 0 Å². The second kappa shape index (κ2) is 4.68. The molecule has 1 unspecified atom stereocenters. The molecule has 2 aliphatic heterocycles. The van der Waals surface area contributed by atoms with E-state index >= 15 is 0 Å². The highest BCUT2D eigenvalue weighted by Gasteiger charge is 2.35. The van der Waals surface area contributed by atoms with Crippen LogP contribution < -0.4 is 16.4 Å². The molecule has 2 aliphatic rings. The molecule has 5 heteroatoms. The van der Waals surface area contributed by atoms with Crippen LogP contribution in [0.4, 0.5) is 11.4 Å². The second-order valence-electron chi connectivity index (χ2n) is 5.60. The molecule has 0 radical (unpaired) electrons. The van der Waals surface area contributed by atoms with Crippen LogP contribution in [-0.4, -0.2) is 24.3 Å². The van der Waals surface area contributed by atoms with Crippen LogP contribution in [0.5, 0.6) is 0 Å². The third-order valence-corrected chi connectivity index (χ3v) is 4.18. The van der Waals surface area contributed by atoms with Crippen molar-refractivity contribution in [3.05, 3.63) is 59.2 Å². The molecule has 0 saturated carbocycles. The minimum absolute atomic E-state index is 0.157. The lowest BCUT2D eigenvalue weighted by molar-refractivity contribution is -0.119. The summed E-state index contributed by atoms with van der Waals surface area (Å²) in [7, 11) is 0. The third kappa shape index (κ3) is 1.83. The first kappa shape index (κ1) is 13.0. The van der Waals surface area contributed by atoms with Gasteiger partial charge < -0.3 is 16.4 Å². The number of aliphatic imine (C=N–C) groups is 1. The molecule has 110 valence electrons. The van der Waals surface area contributed by atoms with E-state index in [1.54, 1.807) is 4.90 Å². The Balaban J connectivity index is 2.02. The van der Waals surface area contributed by atoms with Gasteiger partial charge in [0.2, 0.25) is 0 Å². The van der Waals surface area contributed by atoms with Gasteiger partial charge in [-0.1, -0.05) is 30.3 Å². The van der Waals surface area contributed by atoms with E-state index in [2.05, 4.69) is 4.99 Å². The van der Waals surface area contributed by atoms with Crippen LogP contribution >= 0.6 is 0 Å². The predicted octanol–water partition coefficient (Wildman–Crippen LogP) is 1.29. The molecular weight excluding hydrogens is 276 g/mol. The number of hydrogen-bond donors (Lipinski definition) is 2. The van der Waals surface area contributed by atoms with Crippen LogP contribution in [0.2, 0.25) is 0 Å². The standard InChI is InChI=1S/C17H16N4O/c18-12-8-11-6-7-21-15(11)13(9-12)14(20-16(19)17(21)22)10-4-2-1-3-5-10/h1-5,8-9,16H,6-7,18-19H2. The van der Waals surface area contributed by atoms with E-state index in [9.17, 15) is 4.79 Å². The number of carbonyl (C=O) groups excluding carboxylic acids is 1. The van der Waals surface area contributed by atoms with Crippen molar-refractivity contribution in [1.29, 1.82) is 0 Å². The van der Waals surface area contributed by atoms with Crippen LogP contribution in [0.25, 0.3) is 0 Å². The van der Waals surface area contributed by atoms with Crippen molar-refractivity contribution in [2.75, 3.05) is 17.2 Å². The molecule has 2 aromatic carbocycles. The number of nitrogen functional groups attached to an aromatic ring is 1. The fraction of sp³-hybridized carbons (Fsp3) is 0.176. The van der Waals surface area contributed by atoms with Crippen LogP contribution in [0.15, 0.2) is 47.5 Å².